The summed E-state index contributed by atoms with van der Waals surface area (Å²) in [5.41, 5.74) is -0.437. The predicted octanol–water partition coefficient (Wildman–Crippen LogP) is 2.78. The third kappa shape index (κ3) is 3.88. The van der Waals surface area contributed by atoms with Crippen LogP contribution in [0.15, 0.2) is 16.3 Å². The maximum atomic E-state index is 12.0. The van der Waals surface area contributed by atoms with Crippen LogP contribution in [0.1, 0.15) is 39.0 Å². The van der Waals surface area contributed by atoms with Gasteiger partial charge in [-0.1, -0.05) is 13.3 Å². The Morgan fingerprint density at radius 3 is 2.44 bits per heavy atom. The molecule has 0 amide bonds. The van der Waals surface area contributed by atoms with Crippen molar-refractivity contribution in [1.29, 1.82) is 0 Å². The molecule has 0 aromatic carbocycles. The van der Waals surface area contributed by atoms with Gasteiger partial charge in [0.05, 0.1) is 0 Å². The molecule has 1 aromatic rings. The minimum atomic E-state index is -3.35. The Bertz CT molecular complexity index is 441. The lowest BCUT2D eigenvalue weighted by atomic mass is 10.1. The van der Waals surface area contributed by atoms with Gasteiger partial charge in [-0.3, -0.25) is 0 Å². The van der Waals surface area contributed by atoms with E-state index in [1.807, 2.05) is 26.8 Å². The molecular formula is C11H19NO2S2. The van der Waals surface area contributed by atoms with Crippen LogP contribution in [-0.2, 0) is 16.4 Å². The molecule has 0 atom stereocenters. The fourth-order valence-corrected chi connectivity index (χ4v) is 4.21. The maximum Gasteiger partial charge on any atom is 0.250 e. The lowest BCUT2D eigenvalue weighted by Gasteiger charge is -2.19. The molecule has 0 radical (unpaired) electrons. The normalized spacial score (nSPS) is 13.0. The van der Waals surface area contributed by atoms with Gasteiger partial charge < -0.3 is 0 Å². The smallest absolute Gasteiger partial charge is 0.206 e. The third-order valence-electron chi connectivity index (χ3n) is 1.84. The lowest BCUT2D eigenvalue weighted by molar-refractivity contribution is 0.492. The largest absolute Gasteiger partial charge is 0.250 e. The molecule has 1 rings (SSSR count). The summed E-state index contributed by atoms with van der Waals surface area (Å²) >= 11 is 1.35. The molecule has 1 aromatic heterocycles. The molecule has 0 aliphatic carbocycles. The Balaban J connectivity index is 2.90. The van der Waals surface area contributed by atoms with Crippen molar-refractivity contribution in [2.75, 3.05) is 0 Å². The summed E-state index contributed by atoms with van der Waals surface area (Å²) < 4.78 is 27.0. The molecule has 0 bridgehead atoms. The summed E-state index contributed by atoms with van der Waals surface area (Å²) in [6.07, 6.45) is 1.97. The van der Waals surface area contributed by atoms with Crippen molar-refractivity contribution in [3.8, 4) is 0 Å². The van der Waals surface area contributed by atoms with Crippen molar-refractivity contribution in [3.63, 3.8) is 0 Å². The Morgan fingerprint density at radius 2 is 1.94 bits per heavy atom. The van der Waals surface area contributed by atoms with Crippen LogP contribution in [0.4, 0.5) is 0 Å². The van der Waals surface area contributed by atoms with E-state index in [1.165, 1.54) is 11.3 Å². The fraction of sp³-hybridized carbons (Fsp3) is 0.636. The molecular weight excluding hydrogens is 242 g/mol. The van der Waals surface area contributed by atoms with Gasteiger partial charge in [0.1, 0.15) is 4.21 Å². The van der Waals surface area contributed by atoms with Gasteiger partial charge in [-0.05, 0) is 39.3 Å². The summed E-state index contributed by atoms with van der Waals surface area (Å²) in [6, 6.07) is 3.58. The van der Waals surface area contributed by atoms with Crippen molar-refractivity contribution >= 4 is 21.4 Å². The molecule has 0 aliphatic heterocycles. The highest BCUT2D eigenvalue weighted by Gasteiger charge is 2.23. The van der Waals surface area contributed by atoms with E-state index in [-0.39, 0.29) is 0 Å². The van der Waals surface area contributed by atoms with Gasteiger partial charge in [0.15, 0.2) is 0 Å². The number of sulfonamides is 1. The van der Waals surface area contributed by atoms with E-state index in [2.05, 4.69) is 11.6 Å². The molecule has 16 heavy (non-hydrogen) atoms. The van der Waals surface area contributed by atoms with Crippen LogP contribution in [0.5, 0.6) is 0 Å². The molecule has 3 nitrogen and oxygen atoms in total. The molecule has 0 spiro atoms. The predicted molar refractivity (Wildman–Crippen MR) is 68.4 cm³/mol. The van der Waals surface area contributed by atoms with E-state index in [0.29, 0.717) is 4.21 Å². The number of hydrogen-bond donors (Lipinski definition) is 1. The van der Waals surface area contributed by atoms with Gasteiger partial charge in [-0.25, -0.2) is 13.1 Å². The topological polar surface area (TPSA) is 46.2 Å². The zero-order chi connectivity index (χ0) is 12.4. The summed E-state index contributed by atoms with van der Waals surface area (Å²) in [4.78, 5) is 1.12. The number of nitrogens with one attached hydrogen (secondary N) is 1. The minimum absolute atomic E-state index is 0.408. The summed E-state index contributed by atoms with van der Waals surface area (Å²) in [6.45, 7) is 7.60. The van der Waals surface area contributed by atoms with E-state index < -0.39 is 15.6 Å². The second-order valence-electron chi connectivity index (χ2n) is 4.83. The van der Waals surface area contributed by atoms with Gasteiger partial charge in [-0.2, -0.15) is 0 Å². The molecule has 92 valence electrons. The molecule has 0 unspecified atom stereocenters. The molecule has 1 N–H and O–H groups in total. The molecule has 5 heteroatoms. The Labute approximate surface area is 102 Å². The zero-order valence-corrected chi connectivity index (χ0v) is 11.8. The van der Waals surface area contributed by atoms with Crippen LogP contribution in [-0.4, -0.2) is 14.0 Å². The third-order valence-corrected chi connectivity index (χ3v) is 5.23. The first-order valence-corrected chi connectivity index (χ1v) is 7.67. The average Bonchev–Trinajstić information content (AvgIpc) is 2.49. The van der Waals surface area contributed by atoms with Crippen LogP contribution in [0.2, 0.25) is 0 Å². The SMILES string of the molecule is CCCc1ccc(S(=O)(=O)NC(C)(C)C)s1. The van der Waals surface area contributed by atoms with Crippen molar-refractivity contribution in [1.82, 2.24) is 4.72 Å². The van der Waals surface area contributed by atoms with Crippen LogP contribution >= 0.6 is 11.3 Å². The highest BCUT2D eigenvalue weighted by Crippen LogP contribution is 2.23. The van der Waals surface area contributed by atoms with Crippen LogP contribution in [0.3, 0.4) is 0 Å². The number of thiophene rings is 1. The highest BCUT2D eigenvalue weighted by atomic mass is 32.2. The van der Waals surface area contributed by atoms with Crippen molar-refractivity contribution < 1.29 is 8.42 Å². The Hall–Kier alpha value is -0.390. The summed E-state index contributed by atoms with van der Waals surface area (Å²) in [5, 5.41) is 0. The first kappa shape index (κ1) is 13.7. The number of hydrogen-bond acceptors (Lipinski definition) is 3. The Kier molecular flexibility index (Phi) is 4.15. The van der Waals surface area contributed by atoms with Gasteiger partial charge in [-0.15, -0.1) is 11.3 Å². The summed E-state index contributed by atoms with van der Waals surface area (Å²) in [5.74, 6) is 0. The van der Waals surface area contributed by atoms with E-state index >= 15 is 0 Å². The minimum Gasteiger partial charge on any atom is -0.206 e. The standard InChI is InChI=1S/C11H19NO2S2/c1-5-6-9-7-8-10(15-9)16(13,14)12-11(2,3)4/h7-8,12H,5-6H2,1-4H3. The van der Waals surface area contributed by atoms with E-state index in [0.717, 1.165) is 17.7 Å². The second kappa shape index (κ2) is 4.85. The fourth-order valence-electron chi connectivity index (χ4n) is 1.34. The van der Waals surface area contributed by atoms with E-state index in [1.54, 1.807) is 6.07 Å². The first-order chi connectivity index (χ1) is 7.24. The Morgan fingerprint density at radius 1 is 1.31 bits per heavy atom. The average molecular weight is 261 g/mol. The van der Waals surface area contributed by atoms with Crippen LogP contribution in [0, 0.1) is 0 Å². The van der Waals surface area contributed by atoms with E-state index in [4.69, 9.17) is 0 Å². The van der Waals surface area contributed by atoms with Crippen molar-refractivity contribution in [2.45, 2.75) is 50.3 Å². The summed E-state index contributed by atoms with van der Waals surface area (Å²) in [7, 11) is -3.35. The molecule has 0 saturated carbocycles. The zero-order valence-electron chi connectivity index (χ0n) is 10.2. The lowest BCUT2D eigenvalue weighted by Crippen LogP contribution is -2.40. The quantitative estimate of drug-likeness (QED) is 0.906. The molecule has 0 fully saturated rings. The maximum absolute atomic E-state index is 12.0. The second-order valence-corrected chi connectivity index (χ2v) is 7.90. The first-order valence-electron chi connectivity index (χ1n) is 5.37. The van der Waals surface area contributed by atoms with E-state index in [9.17, 15) is 8.42 Å². The molecule has 0 saturated heterocycles. The van der Waals surface area contributed by atoms with Gasteiger partial charge in [0.2, 0.25) is 0 Å². The number of aryl methyl sites for hydroxylation is 1. The van der Waals surface area contributed by atoms with Crippen LogP contribution < -0.4 is 4.72 Å². The number of rotatable bonds is 4. The van der Waals surface area contributed by atoms with Crippen molar-refractivity contribution in [3.05, 3.63) is 17.0 Å². The van der Waals surface area contributed by atoms with Crippen LogP contribution in [0.25, 0.3) is 0 Å². The van der Waals surface area contributed by atoms with Gasteiger partial charge in [0.25, 0.3) is 10.0 Å². The van der Waals surface area contributed by atoms with Crippen molar-refractivity contribution in [2.24, 2.45) is 0 Å². The van der Waals surface area contributed by atoms with Gasteiger partial charge >= 0.3 is 0 Å². The highest BCUT2D eigenvalue weighted by molar-refractivity contribution is 7.91. The monoisotopic (exact) mass is 261 g/mol. The molecule has 0 aliphatic rings. The molecule has 1 heterocycles. The van der Waals surface area contributed by atoms with Gasteiger partial charge in [0, 0.05) is 10.4 Å².